The van der Waals surface area contributed by atoms with E-state index in [0.717, 1.165) is 14.9 Å². The van der Waals surface area contributed by atoms with E-state index in [1.54, 1.807) is 18.3 Å². The first-order chi connectivity index (χ1) is 17.0. The van der Waals surface area contributed by atoms with E-state index in [-0.39, 0.29) is 34.3 Å². The number of carbonyl (C=O) groups is 2. The first kappa shape index (κ1) is 26.6. The molecule has 2 N–H and O–H groups in total. The fourth-order valence-electron chi connectivity index (χ4n) is 4.25. The van der Waals surface area contributed by atoms with Crippen molar-refractivity contribution >= 4 is 56.4 Å². The number of carbonyl (C=O) groups excluding carboxylic acids is 1. The molecule has 0 saturated carbocycles. The summed E-state index contributed by atoms with van der Waals surface area (Å²) in [6, 6.07) is 9.98. The summed E-state index contributed by atoms with van der Waals surface area (Å²) in [6.45, 7) is 1.60. The summed E-state index contributed by atoms with van der Waals surface area (Å²) in [5.74, 6) is -1.89. The molecule has 0 aliphatic carbocycles. The molecule has 12 heteroatoms. The molecular formula is C24H23Cl2N3O5S2. The molecule has 2 atom stereocenters. The Morgan fingerprint density at radius 2 is 1.86 bits per heavy atom. The predicted molar refractivity (Wildman–Crippen MR) is 139 cm³/mol. The quantitative estimate of drug-likeness (QED) is 0.414. The minimum Gasteiger partial charge on any atom is -0.480 e. The third-order valence-corrected chi connectivity index (χ3v) is 9.42. The zero-order chi connectivity index (χ0) is 26.1. The Labute approximate surface area is 222 Å². The van der Waals surface area contributed by atoms with Gasteiger partial charge in [0.05, 0.1) is 4.90 Å². The third kappa shape index (κ3) is 5.42. The normalized spacial score (nSPS) is 19.2. The van der Waals surface area contributed by atoms with Crippen molar-refractivity contribution in [2.75, 3.05) is 6.54 Å². The average molecular weight is 569 g/mol. The molecule has 1 aliphatic rings. The van der Waals surface area contributed by atoms with Crippen LogP contribution in [0.1, 0.15) is 25.3 Å². The number of aromatic nitrogens is 1. The molecule has 0 spiro atoms. The number of benzene rings is 2. The van der Waals surface area contributed by atoms with Gasteiger partial charge in [-0.3, -0.25) is 4.79 Å². The molecule has 2 heterocycles. The summed E-state index contributed by atoms with van der Waals surface area (Å²) in [4.78, 5) is 29.5. The molecule has 0 radical (unpaired) electrons. The van der Waals surface area contributed by atoms with Crippen molar-refractivity contribution < 1.29 is 23.1 Å². The lowest BCUT2D eigenvalue weighted by molar-refractivity contribution is -0.143. The Hall–Kier alpha value is -2.50. The van der Waals surface area contributed by atoms with Crippen LogP contribution < -0.4 is 5.32 Å². The Morgan fingerprint density at radius 3 is 2.44 bits per heavy atom. The van der Waals surface area contributed by atoms with Crippen LogP contribution in [0.15, 0.2) is 58.9 Å². The van der Waals surface area contributed by atoms with Gasteiger partial charge in [0.2, 0.25) is 15.9 Å². The highest BCUT2D eigenvalue weighted by atomic mass is 35.5. The highest BCUT2D eigenvalue weighted by Crippen LogP contribution is 2.36. The van der Waals surface area contributed by atoms with Gasteiger partial charge in [0, 0.05) is 40.2 Å². The number of carboxylic acid groups (broad SMARTS) is 1. The summed E-state index contributed by atoms with van der Waals surface area (Å²) in [5, 5.41) is 15.4. The van der Waals surface area contributed by atoms with E-state index in [1.165, 1.54) is 36.5 Å². The topological polar surface area (TPSA) is 117 Å². The van der Waals surface area contributed by atoms with Crippen molar-refractivity contribution in [3.05, 3.63) is 69.7 Å². The van der Waals surface area contributed by atoms with Crippen molar-refractivity contribution in [3.63, 3.8) is 0 Å². The van der Waals surface area contributed by atoms with E-state index in [9.17, 15) is 23.1 Å². The summed E-state index contributed by atoms with van der Waals surface area (Å²) in [6.07, 6.45) is 2.42. The summed E-state index contributed by atoms with van der Waals surface area (Å²) in [5.41, 5.74) is 0.137. The SMILES string of the molecule is C[C@@]1(C(=O)N[C@@H](Cc2ccc(-c3nccs3)cc2)C(=O)O)CCCN1S(=O)(=O)c1cc(Cl)cc(Cl)c1. The second-order valence-corrected chi connectivity index (χ2v) is 12.3. The molecule has 1 aliphatic heterocycles. The van der Waals surface area contributed by atoms with Crippen LogP contribution in [0.25, 0.3) is 10.6 Å². The number of sulfonamides is 1. The Kier molecular flexibility index (Phi) is 7.72. The van der Waals surface area contributed by atoms with Crippen LogP contribution in [0.3, 0.4) is 0 Å². The first-order valence-electron chi connectivity index (χ1n) is 11.0. The van der Waals surface area contributed by atoms with Gasteiger partial charge in [0.25, 0.3) is 0 Å². The van der Waals surface area contributed by atoms with E-state index in [4.69, 9.17) is 23.2 Å². The Balaban J connectivity index is 1.53. The number of halogens is 2. The zero-order valence-corrected chi connectivity index (χ0v) is 22.3. The van der Waals surface area contributed by atoms with Crippen LogP contribution in [0.5, 0.6) is 0 Å². The molecule has 1 amide bonds. The molecule has 4 rings (SSSR count). The number of hydrogen-bond acceptors (Lipinski definition) is 6. The summed E-state index contributed by atoms with van der Waals surface area (Å²) >= 11 is 13.5. The number of rotatable bonds is 8. The molecule has 0 unspecified atom stereocenters. The van der Waals surface area contributed by atoms with E-state index in [2.05, 4.69) is 10.3 Å². The predicted octanol–water partition coefficient (Wildman–Crippen LogP) is 4.47. The zero-order valence-electron chi connectivity index (χ0n) is 19.1. The maximum absolute atomic E-state index is 13.4. The molecule has 3 aromatic rings. The lowest BCUT2D eigenvalue weighted by atomic mass is 9.97. The molecule has 36 heavy (non-hydrogen) atoms. The number of amides is 1. The fourth-order valence-corrected chi connectivity index (χ4v) is 7.43. The van der Waals surface area contributed by atoms with Crippen molar-refractivity contribution in [2.45, 2.75) is 42.7 Å². The van der Waals surface area contributed by atoms with Crippen LogP contribution in [0.4, 0.5) is 0 Å². The van der Waals surface area contributed by atoms with E-state index in [1.807, 2.05) is 17.5 Å². The molecule has 1 aromatic heterocycles. The van der Waals surface area contributed by atoms with Crippen molar-refractivity contribution in [1.29, 1.82) is 0 Å². The van der Waals surface area contributed by atoms with Crippen LogP contribution in [0, 0.1) is 0 Å². The molecule has 8 nitrogen and oxygen atoms in total. The van der Waals surface area contributed by atoms with Crippen molar-refractivity contribution in [1.82, 2.24) is 14.6 Å². The monoisotopic (exact) mass is 567 g/mol. The number of nitrogens with one attached hydrogen (secondary N) is 1. The van der Waals surface area contributed by atoms with Gasteiger partial charge < -0.3 is 10.4 Å². The van der Waals surface area contributed by atoms with E-state index in [0.29, 0.717) is 12.0 Å². The van der Waals surface area contributed by atoms with E-state index < -0.39 is 33.5 Å². The number of aliphatic carboxylic acids is 1. The lowest BCUT2D eigenvalue weighted by Crippen LogP contribution is -2.58. The van der Waals surface area contributed by atoms with Gasteiger partial charge in [-0.05, 0) is 43.5 Å². The molecule has 1 fully saturated rings. The number of carboxylic acids is 1. The van der Waals surface area contributed by atoms with Gasteiger partial charge in [0.15, 0.2) is 0 Å². The van der Waals surface area contributed by atoms with Crippen LogP contribution in [-0.2, 0) is 26.0 Å². The number of hydrogen-bond donors (Lipinski definition) is 2. The third-order valence-electron chi connectivity index (χ3n) is 6.16. The van der Waals surface area contributed by atoms with Crippen molar-refractivity contribution in [2.24, 2.45) is 0 Å². The molecule has 1 saturated heterocycles. The Bertz CT molecular complexity index is 1360. The Morgan fingerprint density at radius 1 is 1.19 bits per heavy atom. The second kappa shape index (κ2) is 10.5. The minimum absolute atomic E-state index is 0.0337. The maximum atomic E-state index is 13.4. The standard InChI is InChI=1S/C24H23Cl2N3O5S2/c1-24(7-2-9-29(24)36(33,34)19-13-17(25)12-18(26)14-19)23(32)28-20(22(30)31)11-15-3-5-16(6-4-15)21-27-8-10-35-21/h3-6,8,10,12-14,20H,2,7,9,11H2,1H3,(H,28,32)(H,30,31)/t20-,24-/m0/s1. The van der Waals surface area contributed by atoms with Gasteiger partial charge in [-0.1, -0.05) is 47.5 Å². The average Bonchev–Trinajstić information content (AvgIpc) is 3.49. The molecule has 190 valence electrons. The van der Waals surface area contributed by atoms with Gasteiger partial charge in [0.1, 0.15) is 16.6 Å². The smallest absolute Gasteiger partial charge is 0.326 e. The summed E-state index contributed by atoms with van der Waals surface area (Å²) in [7, 11) is -4.13. The highest BCUT2D eigenvalue weighted by molar-refractivity contribution is 7.89. The van der Waals surface area contributed by atoms with E-state index >= 15 is 0 Å². The first-order valence-corrected chi connectivity index (χ1v) is 14.1. The van der Waals surface area contributed by atoms with Crippen LogP contribution in [-0.4, -0.2) is 52.8 Å². The number of nitrogens with zero attached hydrogens (tertiary/aromatic N) is 2. The molecular weight excluding hydrogens is 545 g/mol. The lowest BCUT2D eigenvalue weighted by Gasteiger charge is -2.34. The van der Waals surface area contributed by atoms with Gasteiger partial charge in [-0.15, -0.1) is 11.3 Å². The van der Waals surface area contributed by atoms with Crippen LogP contribution >= 0.6 is 34.5 Å². The molecule has 0 bridgehead atoms. The fraction of sp³-hybridized carbons (Fsp3) is 0.292. The molecule has 2 aromatic carbocycles. The summed E-state index contributed by atoms with van der Waals surface area (Å²) < 4.78 is 27.9. The maximum Gasteiger partial charge on any atom is 0.326 e. The largest absolute Gasteiger partial charge is 0.480 e. The second-order valence-electron chi connectivity index (χ2n) is 8.66. The van der Waals surface area contributed by atoms with Gasteiger partial charge in [-0.2, -0.15) is 4.31 Å². The number of thiazole rings is 1. The van der Waals surface area contributed by atoms with Gasteiger partial charge >= 0.3 is 5.97 Å². The van der Waals surface area contributed by atoms with Crippen LogP contribution in [0.2, 0.25) is 10.0 Å². The van der Waals surface area contributed by atoms with Gasteiger partial charge in [-0.25, -0.2) is 18.2 Å². The highest BCUT2D eigenvalue weighted by Gasteiger charge is 2.50. The van der Waals surface area contributed by atoms with Crippen molar-refractivity contribution in [3.8, 4) is 10.6 Å². The minimum atomic E-state index is -4.13.